The molecule has 16 nitrogen and oxygen atoms in total. The van der Waals surface area contributed by atoms with Crippen molar-refractivity contribution in [1.82, 2.24) is 35.7 Å². The van der Waals surface area contributed by atoms with Crippen molar-refractivity contribution in [2.24, 2.45) is 16.2 Å². The maximum absolute atomic E-state index is 14.1. The first-order chi connectivity index (χ1) is 32.7. The lowest BCUT2D eigenvalue weighted by molar-refractivity contribution is -0.164. The zero-order chi connectivity index (χ0) is 49.8. The molecule has 1 aliphatic carbocycles. The van der Waals surface area contributed by atoms with Gasteiger partial charge in [0.25, 0.3) is 5.91 Å². The minimum atomic E-state index is -0.959. The predicted molar refractivity (Wildman–Crippen MR) is 265 cm³/mol. The van der Waals surface area contributed by atoms with Gasteiger partial charge in [-0.1, -0.05) is 84.3 Å². The zero-order valence-corrected chi connectivity index (χ0v) is 42.2. The molecule has 0 radical (unpaired) electrons. The van der Waals surface area contributed by atoms with Gasteiger partial charge in [0.05, 0.1) is 44.9 Å². The van der Waals surface area contributed by atoms with Gasteiger partial charge in [-0.2, -0.15) is 5.26 Å². The third-order valence-electron chi connectivity index (χ3n) is 13.6. The number of nitriles is 1. The molecule has 368 valence electrons. The second-order valence-corrected chi connectivity index (χ2v) is 21.8. The van der Waals surface area contributed by atoms with Crippen LogP contribution in [-0.4, -0.2) is 131 Å². The van der Waals surface area contributed by atoms with E-state index in [1.807, 2.05) is 63.5 Å². The highest BCUT2D eigenvalue weighted by Gasteiger charge is 2.64. The van der Waals surface area contributed by atoms with Crippen molar-refractivity contribution < 1.29 is 33.8 Å². The van der Waals surface area contributed by atoms with Crippen molar-refractivity contribution in [3.8, 4) is 22.3 Å². The number of rotatable bonds is 16. The Hall–Kier alpha value is -5.64. The molecular weight excluding hydrogens is 918 g/mol. The highest BCUT2D eigenvalue weighted by atomic mass is 35.5. The van der Waals surface area contributed by atoms with Gasteiger partial charge in [-0.15, -0.1) is 11.3 Å². The Morgan fingerprint density at radius 3 is 2.32 bits per heavy atom. The fourth-order valence-corrected chi connectivity index (χ4v) is 11.1. The topological polar surface area (TPSA) is 202 Å². The van der Waals surface area contributed by atoms with Crippen LogP contribution in [0.5, 0.6) is 5.75 Å². The molecule has 0 unspecified atom stereocenters. The van der Waals surface area contributed by atoms with E-state index < -0.39 is 46.2 Å². The fraction of sp³-hybridized carbons (Fsp3) is 0.510. The summed E-state index contributed by atoms with van der Waals surface area (Å²) in [6.45, 7) is 19.6. The highest BCUT2D eigenvalue weighted by molar-refractivity contribution is 7.13. The molecule has 2 aromatic carbocycles. The van der Waals surface area contributed by atoms with E-state index in [1.54, 1.807) is 41.8 Å². The number of pyridine rings is 1. The average Bonchev–Trinajstić information content (AvgIpc) is 3.94. The second-order valence-electron chi connectivity index (χ2n) is 20.5. The van der Waals surface area contributed by atoms with Crippen molar-refractivity contribution in [3.63, 3.8) is 0 Å². The number of β-amino-alcohol motifs (C(OH)–C–C–N with tert-alkyl or cyclic N) is 1. The van der Waals surface area contributed by atoms with Crippen LogP contribution in [0.15, 0.2) is 66.3 Å². The van der Waals surface area contributed by atoms with Crippen LogP contribution >= 0.6 is 22.9 Å². The number of carbonyl (C=O) groups is 4. The van der Waals surface area contributed by atoms with Crippen LogP contribution in [0.4, 0.5) is 5.82 Å². The summed E-state index contributed by atoms with van der Waals surface area (Å²) in [5, 5.41) is 29.2. The van der Waals surface area contributed by atoms with E-state index in [4.69, 9.17) is 21.1 Å². The van der Waals surface area contributed by atoms with Crippen LogP contribution in [0.2, 0.25) is 5.02 Å². The minimum absolute atomic E-state index is 0.0134. The first-order valence-corrected chi connectivity index (χ1v) is 24.7. The first-order valence-electron chi connectivity index (χ1n) is 23.4. The standard InChI is InChI=1S/C51H64ClN9O7S/c1-31-42(69-30-56-31)33-11-9-32(10-12-33)26-55-45(65)39-23-36(62)28-61(39)46(66)43(49(2,3)4)57-41(63)29-67-22-21-59-17-19-60(20-18-59)40-16-14-35(27-54-40)44(64)58-47-50(5,6)48(51(47,7)8)68-37-15-13-34(25-53)38(52)24-37/h9-16,24,27,30,36,39,43,47-48,62H,17-23,26,28-29H2,1-8H3,(H,55,65)(H,57,63)(H,58,64)/t36-,39+,43-,47?,48?/m1/s1. The zero-order valence-electron chi connectivity index (χ0n) is 40.7. The number of nitrogens with zero attached hydrogens (tertiary/aromatic N) is 6. The number of hydrogen-bond donors (Lipinski definition) is 4. The third-order valence-corrected chi connectivity index (χ3v) is 14.9. The number of halogens is 1. The molecule has 4 aromatic rings. The molecule has 2 saturated heterocycles. The monoisotopic (exact) mass is 981 g/mol. The van der Waals surface area contributed by atoms with Gasteiger partial charge in [0, 0.05) is 81.4 Å². The maximum atomic E-state index is 14.1. The summed E-state index contributed by atoms with van der Waals surface area (Å²) in [6.07, 6.45) is 0.615. The summed E-state index contributed by atoms with van der Waals surface area (Å²) in [7, 11) is 0. The largest absolute Gasteiger partial charge is 0.489 e. The number of benzene rings is 2. The lowest BCUT2D eigenvalue weighted by Gasteiger charge is -2.63. The highest BCUT2D eigenvalue weighted by Crippen LogP contribution is 2.55. The molecule has 1 saturated carbocycles. The number of amides is 4. The molecule has 4 heterocycles. The number of nitrogens with one attached hydrogen (secondary N) is 3. The predicted octanol–water partition coefficient (Wildman–Crippen LogP) is 5.60. The van der Waals surface area contributed by atoms with Gasteiger partial charge in [-0.05, 0) is 47.7 Å². The number of aromatic nitrogens is 2. The smallest absolute Gasteiger partial charge is 0.253 e. The molecule has 7 rings (SSSR count). The van der Waals surface area contributed by atoms with E-state index in [1.165, 1.54) is 4.90 Å². The van der Waals surface area contributed by atoms with E-state index >= 15 is 0 Å². The van der Waals surface area contributed by atoms with Crippen molar-refractivity contribution in [2.45, 2.75) is 98.7 Å². The Kier molecular flexibility index (Phi) is 15.7. The molecule has 3 fully saturated rings. The Balaban J connectivity index is 0.823. The van der Waals surface area contributed by atoms with Gasteiger partial charge < -0.3 is 40.3 Å². The first kappa shape index (κ1) is 51.2. The van der Waals surface area contributed by atoms with Crippen LogP contribution in [0.1, 0.15) is 82.1 Å². The summed E-state index contributed by atoms with van der Waals surface area (Å²) in [6, 6.07) is 16.6. The Bertz CT molecular complexity index is 2520. The molecule has 69 heavy (non-hydrogen) atoms. The third kappa shape index (κ3) is 11.7. The fourth-order valence-electron chi connectivity index (χ4n) is 10.1. The van der Waals surface area contributed by atoms with Crippen molar-refractivity contribution in [3.05, 3.63) is 93.7 Å². The van der Waals surface area contributed by atoms with Gasteiger partial charge in [0.2, 0.25) is 17.7 Å². The number of likely N-dealkylation sites (tertiary alicyclic amines) is 1. The molecule has 4 N–H and O–H groups in total. The maximum Gasteiger partial charge on any atom is 0.253 e. The number of aliphatic hydroxyl groups excluding tert-OH is 1. The number of hydrogen-bond acceptors (Lipinski definition) is 13. The van der Waals surface area contributed by atoms with Crippen LogP contribution in [-0.2, 0) is 25.7 Å². The number of aliphatic hydroxyl groups is 1. The van der Waals surface area contributed by atoms with Crippen LogP contribution in [0, 0.1) is 34.5 Å². The van der Waals surface area contributed by atoms with E-state index in [9.17, 15) is 29.5 Å². The van der Waals surface area contributed by atoms with E-state index in [0.29, 0.717) is 35.1 Å². The van der Waals surface area contributed by atoms with Gasteiger partial charge in [-0.3, -0.25) is 24.1 Å². The van der Waals surface area contributed by atoms with Crippen molar-refractivity contribution >= 4 is 52.4 Å². The Morgan fingerprint density at radius 2 is 1.71 bits per heavy atom. The lowest BCUT2D eigenvalue weighted by Crippen LogP contribution is -2.74. The van der Waals surface area contributed by atoms with Gasteiger partial charge in [0.1, 0.15) is 42.4 Å². The summed E-state index contributed by atoms with van der Waals surface area (Å²) in [5.41, 5.74) is 4.07. The number of piperazine rings is 1. The molecule has 0 bridgehead atoms. The molecule has 0 spiro atoms. The van der Waals surface area contributed by atoms with E-state index in [-0.39, 0.29) is 50.1 Å². The summed E-state index contributed by atoms with van der Waals surface area (Å²) in [4.78, 5) is 70.1. The molecular formula is C51H64ClN9O7S. The van der Waals surface area contributed by atoms with E-state index in [0.717, 1.165) is 53.7 Å². The lowest BCUT2D eigenvalue weighted by atomic mass is 9.49. The van der Waals surface area contributed by atoms with Gasteiger partial charge in [0.15, 0.2) is 0 Å². The van der Waals surface area contributed by atoms with Crippen molar-refractivity contribution in [1.29, 1.82) is 5.26 Å². The van der Waals surface area contributed by atoms with Crippen LogP contribution < -0.4 is 25.6 Å². The molecule has 3 aliphatic rings. The number of aryl methyl sites for hydroxylation is 1. The van der Waals surface area contributed by atoms with Crippen molar-refractivity contribution in [2.75, 3.05) is 57.4 Å². The summed E-state index contributed by atoms with van der Waals surface area (Å²) >= 11 is 7.82. The number of carbonyl (C=O) groups excluding carboxylic acids is 4. The SMILES string of the molecule is Cc1ncsc1-c1ccc(CNC(=O)[C@@H]2C[C@@H](O)CN2C(=O)[C@@H](NC(=O)COCCN2CCN(c3ccc(C(=O)NC4C(C)(C)C(Oc5ccc(C#N)c(Cl)c5)C4(C)C)cn3)CC2)C(C)(C)C)cc1. The minimum Gasteiger partial charge on any atom is -0.489 e. The average molecular weight is 983 g/mol. The quantitative estimate of drug-likeness (QED) is 0.102. The number of anilines is 1. The molecule has 2 aromatic heterocycles. The Morgan fingerprint density at radius 1 is 1.00 bits per heavy atom. The molecule has 3 atom stereocenters. The molecule has 18 heteroatoms. The summed E-state index contributed by atoms with van der Waals surface area (Å²) in [5.74, 6) is -0.109. The van der Waals surface area contributed by atoms with Crippen LogP contribution in [0.3, 0.4) is 0 Å². The molecule has 4 amide bonds. The second kappa shape index (κ2) is 21.2. The van der Waals surface area contributed by atoms with Gasteiger partial charge in [-0.25, -0.2) is 9.97 Å². The van der Waals surface area contributed by atoms with Crippen LogP contribution in [0.25, 0.3) is 10.4 Å². The Labute approximate surface area is 413 Å². The number of ether oxygens (including phenoxy) is 2. The summed E-state index contributed by atoms with van der Waals surface area (Å²) < 4.78 is 12.2. The molecule has 2 aliphatic heterocycles. The number of thiazole rings is 1. The normalized spacial score (nSPS) is 21.4. The van der Waals surface area contributed by atoms with E-state index in [2.05, 4.69) is 69.5 Å². The van der Waals surface area contributed by atoms with Gasteiger partial charge >= 0.3 is 0 Å².